The SMILES string of the molecule is O=C(NO)c1ccc(Cn2ccc(C3(c4ccc(F)cc4)OCCO3)cc2=O)cc1. The van der Waals surface area contributed by atoms with Gasteiger partial charge in [0, 0.05) is 29.0 Å². The van der Waals surface area contributed by atoms with E-state index in [1.54, 1.807) is 54.1 Å². The van der Waals surface area contributed by atoms with Gasteiger partial charge in [0.05, 0.1) is 19.8 Å². The van der Waals surface area contributed by atoms with Gasteiger partial charge in [-0.15, -0.1) is 0 Å². The van der Waals surface area contributed by atoms with Gasteiger partial charge in [0.25, 0.3) is 11.5 Å². The lowest BCUT2D eigenvalue weighted by Gasteiger charge is -2.28. The van der Waals surface area contributed by atoms with Crippen LogP contribution in [0, 0.1) is 5.82 Å². The van der Waals surface area contributed by atoms with E-state index in [0.29, 0.717) is 36.4 Å². The molecule has 0 atom stereocenters. The van der Waals surface area contributed by atoms with Gasteiger partial charge in [-0.1, -0.05) is 24.3 Å². The fourth-order valence-electron chi connectivity index (χ4n) is 3.45. The van der Waals surface area contributed by atoms with Crippen LogP contribution < -0.4 is 11.0 Å². The summed E-state index contributed by atoms with van der Waals surface area (Å²) in [7, 11) is 0. The van der Waals surface area contributed by atoms with Crippen molar-refractivity contribution in [3.05, 3.63) is 105 Å². The Morgan fingerprint density at radius 2 is 1.70 bits per heavy atom. The number of benzene rings is 2. The maximum Gasteiger partial charge on any atom is 0.274 e. The van der Waals surface area contributed by atoms with E-state index in [4.69, 9.17) is 14.7 Å². The molecule has 0 bridgehead atoms. The summed E-state index contributed by atoms with van der Waals surface area (Å²) < 4.78 is 26.6. The molecule has 0 radical (unpaired) electrons. The Hall–Kier alpha value is -3.33. The molecule has 0 aliphatic carbocycles. The van der Waals surface area contributed by atoms with E-state index >= 15 is 0 Å². The molecule has 2 aromatic carbocycles. The monoisotopic (exact) mass is 410 g/mol. The second-order valence-corrected chi connectivity index (χ2v) is 6.84. The van der Waals surface area contributed by atoms with Gasteiger partial charge < -0.3 is 14.0 Å². The first kappa shape index (κ1) is 20.0. The summed E-state index contributed by atoms with van der Waals surface area (Å²) in [6.45, 7) is 1.01. The van der Waals surface area contributed by atoms with E-state index in [1.807, 2.05) is 0 Å². The number of pyridine rings is 1. The quantitative estimate of drug-likeness (QED) is 0.498. The summed E-state index contributed by atoms with van der Waals surface area (Å²) in [4.78, 5) is 24.2. The number of halogens is 1. The summed E-state index contributed by atoms with van der Waals surface area (Å²) in [5, 5.41) is 8.68. The van der Waals surface area contributed by atoms with Crippen LogP contribution >= 0.6 is 0 Å². The summed E-state index contributed by atoms with van der Waals surface area (Å²) in [5.41, 5.74) is 3.57. The molecule has 0 saturated carbocycles. The van der Waals surface area contributed by atoms with Crippen LogP contribution in [0.15, 0.2) is 71.7 Å². The van der Waals surface area contributed by atoms with Crippen LogP contribution in [0.25, 0.3) is 0 Å². The van der Waals surface area contributed by atoms with Crippen LogP contribution in [0.2, 0.25) is 0 Å². The number of carbonyl (C=O) groups excluding carboxylic acids is 1. The number of carbonyl (C=O) groups is 1. The summed E-state index contributed by atoms with van der Waals surface area (Å²) in [6.07, 6.45) is 1.64. The molecule has 2 heterocycles. The number of nitrogens with one attached hydrogen (secondary N) is 1. The molecule has 8 heteroatoms. The third kappa shape index (κ3) is 3.76. The van der Waals surface area contributed by atoms with E-state index in [9.17, 15) is 14.0 Å². The smallest absolute Gasteiger partial charge is 0.274 e. The van der Waals surface area contributed by atoms with E-state index in [-0.39, 0.29) is 11.4 Å². The first-order chi connectivity index (χ1) is 14.5. The number of amides is 1. The topological polar surface area (TPSA) is 89.8 Å². The highest BCUT2D eigenvalue weighted by Gasteiger charge is 2.41. The van der Waals surface area contributed by atoms with Gasteiger partial charge in [0.15, 0.2) is 0 Å². The van der Waals surface area contributed by atoms with Crippen molar-refractivity contribution in [2.75, 3.05) is 13.2 Å². The van der Waals surface area contributed by atoms with Crippen LogP contribution in [-0.4, -0.2) is 28.9 Å². The van der Waals surface area contributed by atoms with Crippen molar-refractivity contribution in [2.45, 2.75) is 12.3 Å². The fraction of sp³-hybridized carbons (Fsp3) is 0.182. The van der Waals surface area contributed by atoms with Gasteiger partial charge in [0.2, 0.25) is 5.79 Å². The largest absolute Gasteiger partial charge is 0.340 e. The van der Waals surface area contributed by atoms with Crippen LogP contribution in [0.5, 0.6) is 0 Å². The lowest BCUT2D eigenvalue weighted by atomic mass is 9.98. The van der Waals surface area contributed by atoms with Crippen LogP contribution in [0.4, 0.5) is 4.39 Å². The van der Waals surface area contributed by atoms with E-state index in [0.717, 1.165) is 5.56 Å². The van der Waals surface area contributed by atoms with E-state index in [1.165, 1.54) is 22.8 Å². The second kappa shape index (κ2) is 8.19. The molecular formula is C22H19FN2O5. The molecule has 2 N–H and O–H groups in total. The number of ether oxygens (including phenoxy) is 2. The van der Waals surface area contributed by atoms with Crippen LogP contribution in [-0.2, 0) is 21.8 Å². The minimum Gasteiger partial charge on any atom is -0.340 e. The predicted molar refractivity (Wildman–Crippen MR) is 105 cm³/mol. The maximum absolute atomic E-state index is 13.3. The highest BCUT2D eigenvalue weighted by molar-refractivity contribution is 5.93. The fourth-order valence-corrected chi connectivity index (χ4v) is 3.45. The zero-order valence-electron chi connectivity index (χ0n) is 15.9. The van der Waals surface area contributed by atoms with Crippen molar-refractivity contribution >= 4 is 5.91 Å². The standard InChI is InChI=1S/C22H19FN2O5/c23-19-7-5-17(6-8-19)22(29-11-12-30-22)18-9-10-25(20(26)13-18)14-15-1-3-16(4-2-15)21(27)24-28/h1-10,13,28H,11-12,14H2,(H,24,27). The number of hydroxylamine groups is 1. The molecule has 0 unspecified atom stereocenters. The first-order valence-corrected chi connectivity index (χ1v) is 9.30. The number of hydrogen-bond donors (Lipinski definition) is 2. The van der Waals surface area contributed by atoms with Crippen molar-refractivity contribution < 1.29 is 23.9 Å². The van der Waals surface area contributed by atoms with Crippen LogP contribution in [0.3, 0.4) is 0 Å². The highest BCUT2D eigenvalue weighted by Crippen LogP contribution is 2.37. The second-order valence-electron chi connectivity index (χ2n) is 6.84. The molecular weight excluding hydrogens is 391 g/mol. The Morgan fingerprint density at radius 3 is 2.30 bits per heavy atom. The molecule has 3 aromatic rings. The van der Waals surface area contributed by atoms with Gasteiger partial charge in [0.1, 0.15) is 5.82 Å². The number of hydrogen-bond acceptors (Lipinski definition) is 5. The van der Waals surface area contributed by atoms with Crippen molar-refractivity contribution in [3.8, 4) is 0 Å². The van der Waals surface area contributed by atoms with Gasteiger partial charge in [-0.25, -0.2) is 9.87 Å². The van der Waals surface area contributed by atoms with Crippen LogP contribution in [0.1, 0.15) is 27.0 Å². The minimum atomic E-state index is -1.24. The number of aromatic nitrogens is 1. The molecule has 1 amide bonds. The van der Waals surface area contributed by atoms with Crippen molar-refractivity contribution in [1.29, 1.82) is 0 Å². The Kier molecular flexibility index (Phi) is 5.45. The zero-order chi connectivity index (χ0) is 21.1. The first-order valence-electron chi connectivity index (χ1n) is 9.30. The molecule has 7 nitrogen and oxygen atoms in total. The van der Waals surface area contributed by atoms with E-state index < -0.39 is 11.7 Å². The molecule has 1 fully saturated rings. The summed E-state index contributed by atoms with van der Waals surface area (Å²) in [6, 6.07) is 15.5. The van der Waals surface area contributed by atoms with Crippen molar-refractivity contribution in [1.82, 2.24) is 10.0 Å². The molecule has 4 rings (SSSR count). The number of nitrogens with zero attached hydrogens (tertiary/aromatic N) is 1. The zero-order valence-corrected chi connectivity index (χ0v) is 15.9. The predicted octanol–water partition coefficient (Wildman–Crippen LogP) is 2.40. The maximum atomic E-state index is 13.3. The summed E-state index contributed by atoms with van der Waals surface area (Å²) >= 11 is 0. The average Bonchev–Trinajstić information content (AvgIpc) is 3.27. The Labute approximate surface area is 171 Å². The lowest BCUT2D eigenvalue weighted by molar-refractivity contribution is -0.130. The molecule has 1 aliphatic rings. The molecule has 1 aliphatic heterocycles. The Morgan fingerprint density at radius 1 is 1.03 bits per heavy atom. The molecule has 0 spiro atoms. The van der Waals surface area contributed by atoms with Crippen molar-refractivity contribution in [2.24, 2.45) is 0 Å². The number of rotatable bonds is 5. The third-order valence-corrected chi connectivity index (χ3v) is 4.96. The lowest BCUT2D eigenvalue weighted by Crippen LogP contribution is -2.31. The Balaban J connectivity index is 1.61. The van der Waals surface area contributed by atoms with Gasteiger partial charge in [-0.2, -0.15) is 0 Å². The molecule has 30 heavy (non-hydrogen) atoms. The Bertz CT molecular complexity index is 1100. The molecule has 1 saturated heterocycles. The highest BCUT2D eigenvalue weighted by atomic mass is 19.1. The minimum absolute atomic E-state index is 0.259. The average molecular weight is 410 g/mol. The van der Waals surface area contributed by atoms with Gasteiger partial charge in [-0.05, 0) is 35.9 Å². The normalized spacial score (nSPS) is 15.1. The third-order valence-electron chi connectivity index (χ3n) is 4.96. The molecule has 154 valence electrons. The molecule has 1 aromatic heterocycles. The van der Waals surface area contributed by atoms with Gasteiger partial charge in [-0.3, -0.25) is 14.8 Å². The summed E-state index contributed by atoms with van der Waals surface area (Å²) in [5.74, 6) is -2.22. The van der Waals surface area contributed by atoms with Crippen molar-refractivity contribution in [3.63, 3.8) is 0 Å². The van der Waals surface area contributed by atoms with Gasteiger partial charge >= 0.3 is 0 Å². The van der Waals surface area contributed by atoms with E-state index in [2.05, 4.69) is 0 Å².